The number of nitrogens with one attached hydrogen (secondary N) is 2. The summed E-state index contributed by atoms with van der Waals surface area (Å²) >= 11 is 17.8. The molecule has 0 radical (unpaired) electrons. The lowest BCUT2D eigenvalue weighted by atomic mass is 10.2. The highest BCUT2D eigenvalue weighted by Crippen LogP contribution is 2.33. The Morgan fingerprint density at radius 3 is 2.28 bits per heavy atom. The van der Waals surface area contributed by atoms with Gasteiger partial charge in [-0.25, -0.2) is 13.1 Å². The van der Waals surface area contributed by atoms with Gasteiger partial charge in [-0.1, -0.05) is 34.8 Å². The van der Waals surface area contributed by atoms with Gasteiger partial charge >= 0.3 is 0 Å². The lowest BCUT2D eigenvalue weighted by Crippen LogP contribution is -2.20. The quantitative estimate of drug-likeness (QED) is 0.716. The molecular formula is C15H13Cl3N2O4S. The third kappa shape index (κ3) is 4.37. The Bertz CT molecular complexity index is 933. The molecule has 0 aliphatic heterocycles. The van der Waals surface area contributed by atoms with E-state index in [9.17, 15) is 13.2 Å². The average Bonchev–Trinajstić information content (AvgIpc) is 2.58. The van der Waals surface area contributed by atoms with Crippen molar-refractivity contribution in [3.63, 3.8) is 0 Å². The smallest absolute Gasteiger partial charge is 0.255 e. The summed E-state index contributed by atoms with van der Waals surface area (Å²) in [5.74, 6) is -0.464. The van der Waals surface area contributed by atoms with Crippen molar-refractivity contribution in [3.05, 3.63) is 51.0 Å². The van der Waals surface area contributed by atoms with Crippen molar-refractivity contribution >= 4 is 56.4 Å². The molecule has 0 unspecified atom stereocenters. The molecule has 2 rings (SSSR count). The zero-order valence-corrected chi connectivity index (χ0v) is 16.1. The molecule has 2 aromatic carbocycles. The summed E-state index contributed by atoms with van der Waals surface area (Å²) in [6.45, 7) is 0. The number of halogens is 3. The zero-order chi connectivity index (χ0) is 18.8. The van der Waals surface area contributed by atoms with Crippen molar-refractivity contribution < 1.29 is 17.9 Å². The van der Waals surface area contributed by atoms with Crippen molar-refractivity contribution in [1.29, 1.82) is 0 Å². The first kappa shape index (κ1) is 19.8. The van der Waals surface area contributed by atoms with Crippen LogP contribution in [0.25, 0.3) is 0 Å². The normalized spacial score (nSPS) is 11.2. The number of hydrogen-bond acceptors (Lipinski definition) is 4. The van der Waals surface area contributed by atoms with Gasteiger partial charge in [-0.05, 0) is 37.4 Å². The minimum Gasteiger partial charge on any atom is -0.495 e. The molecule has 0 spiro atoms. The van der Waals surface area contributed by atoms with E-state index < -0.39 is 15.9 Å². The molecule has 10 heteroatoms. The van der Waals surface area contributed by atoms with Crippen LogP contribution < -0.4 is 14.8 Å². The summed E-state index contributed by atoms with van der Waals surface area (Å²) in [7, 11) is -1.22. The highest BCUT2D eigenvalue weighted by atomic mass is 35.5. The molecule has 2 aromatic rings. The first-order valence-corrected chi connectivity index (χ1v) is 9.38. The molecule has 0 aliphatic rings. The molecule has 0 bridgehead atoms. The number of methoxy groups -OCH3 is 1. The molecule has 1 amide bonds. The van der Waals surface area contributed by atoms with Crippen molar-refractivity contribution in [2.75, 3.05) is 19.5 Å². The predicted octanol–water partition coefficient (Wildman–Crippen LogP) is 3.82. The van der Waals surface area contributed by atoms with Gasteiger partial charge in [0.2, 0.25) is 10.0 Å². The van der Waals surface area contributed by atoms with Crippen molar-refractivity contribution in [2.24, 2.45) is 0 Å². The molecule has 0 saturated heterocycles. The van der Waals surface area contributed by atoms with Gasteiger partial charge in [0, 0.05) is 5.56 Å². The second-order valence-electron chi connectivity index (χ2n) is 4.77. The van der Waals surface area contributed by atoms with E-state index in [-0.39, 0.29) is 37.0 Å². The molecule has 0 heterocycles. The topological polar surface area (TPSA) is 84.5 Å². The Morgan fingerprint density at radius 1 is 1.04 bits per heavy atom. The van der Waals surface area contributed by atoms with Gasteiger partial charge in [0.25, 0.3) is 5.91 Å². The molecule has 6 nitrogen and oxygen atoms in total. The van der Waals surface area contributed by atoms with Gasteiger partial charge in [0.05, 0.1) is 27.9 Å². The van der Waals surface area contributed by atoms with Crippen LogP contribution in [-0.4, -0.2) is 28.5 Å². The summed E-state index contributed by atoms with van der Waals surface area (Å²) in [6, 6.07) is 6.81. The van der Waals surface area contributed by atoms with Crippen LogP contribution in [0.4, 0.5) is 5.69 Å². The van der Waals surface area contributed by atoms with E-state index in [1.165, 1.54) is 44.5 Å². The number of anilines is 1. The van der Waals surface area contributed by atoms with Gasteiger partial charge in [-0.3, -0.25) is 4.79 Å². The number of hydrogen-bond donors (Lipinski definition) is 2. The predicted molar refractivity (Wildman–Crippen MR) is 98.7 cm³/mol. The molecule has 0 atom stereocenters. The lowest BCUT2D eigenvalue weighted by molar-refractivity contribution is 0.102. The standard InChI is InChI=1S/C15H13Cl3N2O4S/c1-19-25(22,23)14-5-8(3-4-13(14)24-2)15(21)20-12-7-10(17)9(16)6-11(12)18/h3-7,19H,1-2H3,(H,20,21). The Hall–Kier alpha value is -1.51. The van der Waals surface area contributed by atoms with Crippen LogP contribution >= 0.6 is 34.8 Å². The van der Waals surface area contributed by atoms with Gasteiger partial charge < -0.3 is 10.1 Å². The van der Waals surface area contributed by atoms with Crippen LogP contribution in [-0.2, 0) is 10.0 Å². The Balaban J connectivity index is 2.41. The Morgan fingerprint density at radius 2 is 1.68 bits per heavy atom. The molecule has 0 fully saturated rings. The maximum Gasteiger partial charge on any atom is 0.255 e. The molecule has 0 saturated carbocycles. The van der Waals surface area contributed by atoms with Crippen molar-refractivity contribution in [3.8, 4) is 5.75 Å². The molecule has 0 aliphatic carbocycles. The number of ether oxygens (including phenoxy) is 1. The molecule has 0 aromatic heterocycles. The number of benzene rings is 2. The van der Waals surface area contributed by atoms with Gasteiger partial charge in [-0.2, -0.15) is 0 Å². The number of amides is 1. The zero-order valence-electron chi connectivity index (χ0n) is 13.1. The average molecular weight is 424 g/mol. The van der Waals surface area contributed by atoms with E-state index in [1.807, 2.05) is 0 Å². The van der Waals surface area contributed by atoms with Crippen molar-refractivity contribution in [2.45, 2.75) is 4.90 Å². The van der Waals surface area contributed by atoms with Gasteiger partial charge in [0.15, 0.2) is 0 Å². The van der Waals surface area contributed by atoms with Crippen LogP contribution in [0.2, 0.25) is 15.1 Å². The summed E-state index contributed by atoms with van der Waals surface area (Å²) in [5.41, 5.74) is 0.340. The first-order chi connectivity index (χ1) is 11.7. The van der Waals surface area contributed by atoms with Crippen LogP contribution in [0.1, 0.15) is 10.4 Å². The van der Waals surface area contributed by atoms with Crippen LogP contribution in [0.3, 0.4) is 0 Å². The minimum absolute atomic E-state index is 0.0942. The number of carbonyl (C=O) groups is 1. The fraction of sp³-hybridized carbons (Fsp3) is 0.133. The van der Waals surface area contributed by atoms with Gasteiger partial charge in [-0.15, -0.1) is 0 Å². The third-order valence-corrected chi connectivity index (χ3v) is 5.71. The fourth-order valence-corrected chi connectivity index (χ4v) is 3.46. The van der Waals surface area contributed by atoms with E-state index in [0.29, 0.717) is 0 Å². The van der Waals surface area contributed by atoms with E-state index in [0.717, 1.165) is 0 Å². The van der Waals surface area contributed by atoms with Crippen LogP contribution in [0.15, 0.2) is 35.2 Å². The monoisotopic (exact) mass is 422 g/mol. The lowest BCUT2D eigenvalue weighted by Gasteiger charge is -2.12. The number of rotatable bonds is 5. The number of carbonyl (C=O) groups excluding carboxylic acids is 1. The van der Waals surface area contributed by atoms with E-state index in [4.69, 9.17) is 39.5 Å². The molecule has 2 N–H and O–H groups in total. The third-order valence-electron chi connectivity index (χ3n) is 3.24. The highest BCUT2D eigenvalue weighted by molar-refractivity contribution is 7.89. The largest absolute Gasteiger partial charge is 0.495 e. The summed E-state index contributed by atoms with van der Waals surface area (Å²) in [6.07, 6.45) is 0. The fourth-order valence-electron chi connectivity index (χ4n) is 1.95. The second kappa shape index (κ2) is 7.80. The van der Waals surface area contributed by atoms with Crippen LogP contribution in [0.5, 0.6) is 5.75 Å². The summed E-state index contributed by atoms with van der Waals surface area (Å²) in [5, 5.41) is 3.22. The Labute approximate surface area is 160 Å². The number of sulfonamides is 1. The van der Waals surface area contributed by atoms with Crippen molar-refractivity contribution in [1.82, 2.24) is 4.72 Å². The SMILES string of the molecule is CNS(=O)(=O)c1cc(C(=O)Nc2cc(Cl)c(Cl)cc2Cl)ccc1OC. The Kier molecular flexibility index (Phi) is 6.18. The van der Waals surface area contributed by atoms with Gasteiger partial charge in [0.1, 0.15) is 10.6 Å². The molecule has 25 heavy (non-hydrogen) atoms. The maximum absolute atomic E-state index is 12.4. The van der Waals surface area contributed by atoms with E-state index in [2.05, 4.69) is 10.0 Å². The van der Waals surface area contributed by atoms with Crippen LogP contribution in [0, 0.1) is 0 Å². The summed E-state index contributed by atoms with van der Waals surface area (Å²) in [4.78, 5) is 12.3. The van der Waals surface area contributed by atoms with E-state index >= 15 is 0 Å². The first-order valence-electron chi connectivity index (χ1n) is 6.77. The van der Waals surface area contributed by atoms with E-state index in [1.54, 1.807) is 0 Å². The minimum atomic E-state index is -3.81. The molecular weight excluding hydrogens is 411 g/mol. The highest BCUT2D eigenvalue weighted by Gasteiger charge is 2.20. The summed E-state index contributed by atoms with van der Waals surface area (Å²) < 4.78 is 31.4. The molecule has 134 valence electrons. The maximum atomic E-state index is 12.4. The second-order valence-corrected chi connectivity index (χ2v) is 7.85.